The molecule has 2 aliphatic carbocycles. The molecule has 0 amide bonds. The van der Waals surface area contributed by atoms with Gasteiger partial charge in [-0.2, -0.15) is 0 Å². The number of Topliss-reactive ketones (excluding diaryl/α,β-unsaturated/α-hetero) is 1. The van der Waals surface area contributed by atoms with Crippen LogP contribution in [0.5, 0.6) is 0 Å². The number of esters is 1. The van der Waals surface area contributed by atoms with Crippen LogP contribution in [0.1, 0.15) is 53.4 Å². The van der Waals surface area contributed by atoms with Gasteiger partial charge in [-0.05, 0) is 52.2 Å². The molecule has 1 saturated carbocycles. The molecule has 1 aromatic rings. The van der Waals surface area contributed by atoms with Gasteiger partial charge in [-0.1, -0.05) is 30.7 Å². The molecule has 0 N–H and O–H groups in total. The Morgan fingerprint density at radius 3 is 2.43 bits per heavy atom. The first-order valence-electron chi connectivity index (χ1n) is 9.70. The van der Waals surface area contributed by atoms with E-state index in [4.69, 9.17) is 4.74 Å². The summed E-state index contributed by atoms with van der Waals surface area (Å²) < 4.78 is 31.5. The zero-order valence-electron chi connectivity index (χ0n) is 16.9. The van der Waals surface area contributed by atoms with Gasteiger partial charge in [-0.25, -0.2) is 8.42 Å². The van der Waals surface area contributed by atoms with Crippen LogP contribution in [0.4, 0.5) is 0 Å². The smallest absolute Gasteiger partial charge is 0.311 e. The summed E-state index contributed by atoms with van der Waals surface area (Å²) in [5.41, 5.74) is 0.172. The van der Waals surface area contributed by atoms with Gasteiger partial charge in [-0.3, -0.25) is 9.59 Å². The van der Waals surface area contributed by atoms with E-state index in [1.54, 1.807) is 30.3 Å². The SMILES string of the molecule is CC(C)(C)C(=O)O[C@@H]1CCC2=C(CS(=O)(=O)c3ccccc3)C(=O)CC[C@]21C. The van der Waals surface area contributed by atoms with Crippen molar-refractivity contribution in [2.45, 2.75) is 64.4 Å². The molecule has 5 nitrogen and oxygen atoms in total. The molecule has 0 bridgehead atoms. The van der Waals surface area contributed by atoms with Crippen molar-refractivity contribution in [3.05, 3.63) is 41.5 Å². The fourth-order valence-corrected chi connectivity index (χ4v) is 5.59. The highest BCUT2D eigenvalue weighted by Gasteiger charge is 2.50. The van der Waals surface area contributed by atoms with E-state index in [1.807, 2.05) is 27.7 Å². The summed E-state index contributed by atoms with van der Waals surface area (Å²) in [7, 11) is -3.61. The van der Waals surface area contributed by atoms with E-state index >= 15 is 0 Å². The fraction of sp³-hybridized carbons (Fsp3) is 0.545. The summed E-state index contributed by atoms with van der Waals surface area (Å²) in [5.74, 6) is -0.661. The molecule has 2 aliphatic rings. The Bertz CT molecular complexity index is 921. The molecule has 0 unspecified atom stereocenters. The Hall–Kier alpha value is -1.95. The van der Waals surface area contributed by atoms with Crippen LogP contribution in [-0.4, -0.2) is 32.0 Å². The summed E-state index contributed by atoms with van der Waals surface area (Å²) >= 11 is 0. The highest BCUT2D eigenvalue weighted by atomic mass is 32.2. The van der Waals surface area contributed by atoms with E-state index in [9.17, 15) is 18.0 Å². The van der Waals surface area contributed by atoms with Crippen LogP contribution in [0.25, 0.3) is 0 Å². The lowest BCUT2D eigenvalue weighted by atomic mass is 9.71. The molecule has 1 aromatic carbocycles. The summed E-state index contributed by atoms with van der Waals surface area (Å²) in [4.78, 5) is 25.3. The van der Waals surface area contributed by atoms with E-state index in [-0.39, 0.29) is 34.9 Å². The quantitative estimate of drug-likeness (QED) is 0.712. The zero-order valence-corrected chi connectivity index (χ0v) is 17.8. The van der Waals surface area contributed by atoms with Crippen molar-refractivity contribution in [3.63, 3.8) is 0 Å². The normalized spacial score (nSPS) is 25.6. The Labute approximate surface area is 167 Å². The number of carbonyl (C=O) groups excluding carboxylic acids is 2. The first-order valence-corrected chi connectivity index (χ1v) is 11.3. The lowest BCUT2D eigenvalue weighted by molar-refractivity contribution is -0.163. The molecule has 0 spiro atoms. The van der Waals surface area contributed by atoms with Gasteiger partial charge in [0.25, 0.3) is 0 Å². The number of hydrogen-bond donors (Lipinski definition) is 0. The topological polar surface area (TPSA) is 77.5 Å². The standard InChI is InChI=1S/C22H28O5S/c1-21(2,3)20(24)27-19-11-10-17-16(18(23)12-13-22(17,19)4)14-28(25,26)15-8-6-5-7-9-15/h5-9,19H,10-14H2,1-4H3/t19-,22-/m1/s1. The molecular weight excluding hydrogens is 376 g/mol. The predicted molar refractivity (Wildman–Crippen MR) is 106 cm³/mol. The van der Waals surface area contributed by atoms with Crippen molar-refractivity contribution in [1.29, 1.82) is 0 Å². The monoisotopic (exact) mass is 404 g/mol. The summed E-state index contributed by atoms with van der Waals surface area (Å²) in [6.45, 7) is 7.43. The Balaban J connectivity index is 1.94. The average molecular weight is 405 g/mol. The third kappa shape index (κ3) is 3.79. The molecule has 0 aromatic heterocycles. The van der Waals surface area contributed by atoms with E-state index < -0.39 is 20.7 Å². The maximum atomic E-state index is 12.9. The Morgan fingerprint density at radius 2 is 1.82 bits per heavy atom. The van der Waals surface area contributed by atoms with E-state index in [2.05, 4.69) is 0 Å². The first-order chi connectivity index (χ1) is 12.9. The van der Waals surface area contributed by atoms with Crippen LogP contribution in [0.15, 0.2) is 46.4 Å². The number of benzene rings is 1. The molecule has 152 valence electrons. The largest absolute Gasteiger partial charge is 0.461 e. The van der Waals surface area contributed by atoms with Gasteiger partial charge in [0, 0.05) is 17.4 Å². The maximum Gasteiger partial charge on any atom is 0.311 e. The lowest BCUT2D eigenvalue weighted by Gasteiger charge is -2.37. The van der Waals surface area contributed by atoms with Crippen LogP contribution in [0, 0.1) is 10.8 Å². The van der Waals surface area contributed by atoms with E-state index in [1.165, 1.54) is 0 Å². The zero-order chi connectivity index (χ0) is 20.7. The third-order valence-electron chi connectivity index (χ3n) is 5.93. The van der Waals surface area contributed by atoms with Gasteiger partial charge >= 0.3 is 5.97 Å². The number of carbonyl (C=O) groups is 2. The van der Waals surface area contributed by atoms with Crippen molar-refractivity contribution >= 4 is 21.6 Å². The molecule has 6 heteroatoms. The first kappa shape index (κ1) is 20.8. The molecule has 0 saturated heterocycles. The molecule has 0 radical (unpaired) electrons. The lowest BCUT2D eigenvalue weighted by Crippen LogP contribution is -2.39. The van der Waals surface area contributed by atoms with Crippen LogP contribution < -0.4 is 0 Å². The number of hydrogen-bond acceptors (Lipinski definition) is 5. The predicted octanol–water partition coefficient (Wildman–Crippen LogP) is 3.88. The number of ketones is 1. The second-order valence-corrected chi connectivity index (χ2v) is 11.0. The molecule has 2 atom stereocenters. The fourth-order valence-electron chi connectivity index (χ4n) is 4.14. The van der Waals surface area contributed by atoms with Crippen LogP contribution in [-0.2, 0) is 24.2 Å². The average Bonchev–Trinajstić information content (AvgIpc) is 2.95. The number of sulfone groups is 1. The molecule has 0 aliphatic heterocycles. The summed E-state index contributed by atoms with van der Waals surface area (Å²) in [5, 5.41) is 0. The van der Waals surface area contributed by atoms with Gasteiger partial charge < -0.3 is 4.74 Å². The minimum Gasteiger partial charge on any atom is -0.461 e. The molecule has 0 heterocycles. The van der Waals surface area contributed by atoms with Gasteiger partial charge in [-0.15, -0.1) is 0 Å². The van der Waals surface area contributed by atoms with Gasteiger partial charge in [0.15, 0.2) is 15.6 Å². The van der Waals surface area contributed by atoms with Crippen LogP contribution >= 0.6 is 0 Å². The second-order valence-electron chi connectivity index (χ2n) is 9.05. The third-order valence-corrected chi connectivity index (χ3v) is 7.59. The van der Waals surface area contributed by atoms with E-state index in [0.717, 1.165) is 5.57 Å². The van der Waals surface area contributed by atoms with Crippen molar-refractivity contribution in [1.82, 2.24) is 0 Å². The minimum absolute atomic E-state index is 0.102. The molecule has 3 rings (SSSR count). The van der Waals surface area contributed by atoms with E-state index in [0.29, 0.717) is 24.8 Å². The summed E-state index contributed by atoms with van der Waals surface area (Å²) in [6.07, 6.45) is 1.75. The van der Waals surface area contributed by atoms with Gasteiger partial charge in [0.1, 0.15) is 6.10 Å². The van der Waals surface area contributed by atoms with Crippen LogP contribution in [0.2, 0.25) is 0 Å². The molecule has 1 fully saturated rings. The highest BCUT2D eigenvalue weighted by molar-refractivity contribution is 7.91. The Morgan fingerprint density at radius 1 is 1.18 bits per heavy atom. The van der Waals surface area contributed by atoms with Crippen molar-refractivity contribution in [3.8, 4) is 0 Å². The van der Waals surface area contributed by atoms with Crippen molar-refractivity contribution in [2.75, 3.05) is 5.75 Å². The highest BCUT2D eigenvalue weighted by Crippen LogP contribution is 2.52. The number of rotatable bonds is 4. The van der Waals surface area contributed by atoms with Crippen molar-refractivity contribution < 1.29 is 22.7 Å². The van der Waals surface area contributed by atoms with Crippen molar-refractivity contribution in [2.24, 2.45) is 10.8 Å². The maximum absolute atomic E-state index is 12.9. The second kappa shape index (κ2) is 7.14. The Kier molecular flexibility index (Phi) is 5.30. The summed E-state index contributed by atoms with van der Waals surface area (Å²) in [6, 6.07) is 8.21. The van der Waals surface area contributed by atoms with Gasteiger partial charge in [0.05, 0.1) is 16.1 Å². The van der Waals surface area contributed by atoms with Crippen LogP contribution in [0.3, 0.4) is 0 Å². The number of fused-ring (bicyclic) bond motifs is 1. The molecule has 28 heavy (non-hydrogen) atoms. The van der Waals surface area contributed by atoms with Gasteiger partial charge in [0.2, 0.25) is 0 Å². The minimum atomic E-state index is -3.61. The number of ether oxygens (including phenoxy) is 1. The molecular formula is C22H28O5S.